The van der Waals surface area contributed by atoms with E-state index in [0.29, 0.717) is 12.0 Å². The Morgan fingerprint density at radius 1 is 1.22 bits per heavy atom. The van der Waals surface area contributed by atoms with Crippen molar-refractivity contribution in [3.63, 3.8) is 0 Å². The molecule has 1 heterocycles. The standard InChI is InChI=1S/C17H20N2O3S/c1-4-16(22-23(3)21)15-10-9-14(11-19-15)12-5-7-13(8-6-12)17(20)18-2/h5-11,16H,4H2,1-3H3,(H,18,20). The summed E-state index contributed by atoms with van der Waals surface area (Å²) >= 11 is -1.32. The fourth-order valence-corrected chi connectivity index (χ4v) is 2.78. The zero-order chi connectivity index (χ0) is 16.8. The average Bonchev–Trinajstić information content (AvgIpc) is 2.59. The number of hydrogen-bond donors (Lipinski definition) is 1. The molecule has 2 unspecified atom stereocenters. The highest BCUT2D eigenvalue weighted by molar-refractivity contribution is 7.79. The van der Waals surface area contributed by atoms with E-state index in [4.69, 9.17) is 4.18 Å². The zero-order valence-electron chi connectivity index (χ0n) is 13.4. The second kappa shape index (κ2) is 7.99. The molecule has 0 fully saturated rings. The lowest BCUT2D eigenvalue weighted by Gasteiger charge is -2.13. The Labute approximate surface area is 138 Å². The lowest BCUT2D eigenvalue weighted by atomic mass is 10.0. The largest absolute Gasteiger partial charge is 0.355 e. The van der Waals surface area contributed by atoms with Gasteiger partial charge in [0.15, 0.2) is 11.1 Å². The minimum Gasteiger partial charge on any atom is -0.355 e. The number of pyridine rings is 1. The fraction of sp³-hybridized carbons (Fsp3) is 0.294. The molecule has 0 aliphatic carbocycles. The van der Waals surface area contributed by atoms with Crippen molar-refractivity contribution in [1.82, 2.24) is 10.3 Å². The molecular weight excluding hydrogens is 312 g/mol. The topological polar surface area (TPSA) is 68.3 Å². The van der Waals surface area contributed by atoms with Crippen LogP contribution in [0.3, 0.4) is 0 Å². The molecule has 5 nitrogen and oxygen atoms in total. The lowest BCUT2D eigenvalue weighted by molar-refractivity contribution is 0.0963. The van der Waals surface area contributed by atoms with Gasteiger partial charge in [0.05, 0.1) is 5.69 Å². The number of nitrogens with one attached hydrogen (secondary N) is 1. The summed E-state index contributed by atoms with van der Waals surface area (Å²) in [5.74, 6) is -0.111. The Hall–Kier alpha value is -2.05. The molecule has 2 aromatic rings. The lowest BCUT2D eigenvalue weighted by Crippen LogP contribution is -2.17. The van der Waals surface area contributed by atoms with Gasteiger partial charge in [0.1, 0.15) is 6.10 Å². The predicted octanol–water partition coefficient (Wildman–Crippen LogP) is 2.87. The molecule has 122 valence electrons. The SMILES string of the molecule is CCC(OS(C)=O)c1ccc(-c2ccc(C(=O)NC)cc2)cn1. The molecular formula is C17H20N2O3S. The second-order valence-electron chi connectivity index (χ2n) is 5.02. The molecule has 0 spiro atoms. The molecule has 1 N–H and O–H groups in total. The van der Waals surface area contributed by atoms with Gasteiger partial charge >= 0.3 is 0 Å². The molecule has 0 bridgehead atoms. The van der Waals surface area contributed by atoms with Crippen molar-refractivity contribution in [3.05, 3.63) is 53.9 Å². The molecule has 0 saturated carbocycles. The van der Waals surface area contributed by atoms with Crippen molar-refractivity contribution in [1.29, 1.82) is 0 Å². The quantitative estimate of drug-likeness (QED) is 0.883. The molecule has 0 aliphatic heterocycles. The van der Waals surface area contributed by atoms with Gasteiger partial charge in [-0.2, -0.15) is 0 Å². The number of carbonyl (C=O) groups is 1. The van der Waals surface area contributed by atoms with E-state index in [2.05, 4.69) is 10.3 Å². The molecule has 0 saturated heterocycles. The van der Waals surface area contributed by atoms with Crippen LogP contribution in [0.25, 0.3) is 11.1 Å². The van der Waals surface area contributed by atoms with E-state index >= 15 is 0 Å². The van der Waals surface area contributed by atoms with Gasteiger partial charge in [-0.05, 0) is 30.2 Å². The summed E-state index contributed by atoms with van der Waals surface area (Å²) in [5, 5.41) is 2.59. The van der Waals surface area contributed by atoms with Crippen LogP contribution in [0, 0.1) is 0 Å². The third kappa shape index (κ3) is 4.46. The normalized spacial score (nSPS) is 13.3. The molecule has 6 heteroatoms. The first-order valence-electron chi connectivity index (χ1n) is 7.34. The maximum Gasteiger partial charge on any atom is 0.251 e. The van der Waals surface area contributed by atoms with Crippen LogP contribution < -0.4 is 5.32 Å². The van der Waals surface area contributed by atoms with Gasteiger partial charge in [-0.3, -0.25) is 14.0 Å². The van der Waals surface area contributed by atoms with Crippen LogP contribution in [0.2, 0.25) is 0 Å². The molecule has 0 radical (unpaired) electrons. The molecule has 2 rings (SSSR count). The van der Waals surface area contributed by atoms with E-state index < -0.39 is 11.1 Å². The first kappa shape index (κ1) is 17.3. The van der Waals surface area contributed by atoms with Crippen LogP contribution in [-0.2, 0) is 15.3 Å². The number of carbonyl (C=O) groups excluding carboxylic acids is 1. The van der Waals surface area contributed by atoms with Gasteiger partial charge in [-0.15, -0.1) is 0 Å². The summed E-state index contributed by atoms with van der Waals surface area (Å²) in [6.45, 7) is 1.96. The van der Waals surface area contributed by atoms with Crippen LogP contribution in [0.15, 0.2) is 42.6 Å². The van der Waals surface area contributed by atoms with Crippen LogP contribution in [0.1, 0.15) is 35.5 Å². The Morgan fingerprint density at radius 3 is 2.35 bits per heavy atom. The average molecular weight is 332 g/mol. The maximum atomic E-state index is 11.5. The van der Waals surface area contributed by atoms with E-state index in [0.717, 1.165) is 16.8 Å². The summed E-state index contributed by atoms with van der Waals surface area (Å²) in [5.41, 5.74) is 3.30. The third-order valence-corrected chi connectivity index (χ3v) is 3.95. The number of hydrogen-bond acceptors (Lipinski definition) is 4. The Morgan fingerprint density at radius 2 is 1.87 bits per heavy atom. The Bertz CT molecular complexity index is 684. The van der Waals surface area contributed by atoms with Crippen molar-refractivity contribution in [2.45, 2.75) is 19.4 Å². The number of nitrogens with zero attached hydrogens (tertiary/aromatic N) is 1. The van der Waals surface area contributed by atoms with Crippen LogP contribution in [-0.4, -0.2) is 28.4 Å². The summed E-state index contributed by atoms with van der Waals surface area (Å²) in [4.78, 5) is 16.0. The predicted molar refractivity (Wildman–Crippen MR) is 91.2 cm³/mol. The summed E-state index contributed by atoms with van der Waals surface area (Å²) < 4.78 is 16.6. The van der Waals surface area contributed by atoms with Gasteiger partial charge in [0.2, 0.25) is 0 Å². The van der Waals surface area contributed by atoms with Crippen molar-refractivity contribution >= 4 is 17.0 Å². The number of aromatic nitrogens is 1. The van der Waals surface area contributed by atoms with Crippen molar-refractivity contribution in [3.8, 4) is 11.1 Å². The smallest absolute Gasteiger partial charge is 0.251 e. The first-order chi connectivity index (χ1) is 11.0. The molecule has 2 atom stereocenters. The minimum absolute atomic E-state index is 0.111. The summed E-state index contributed by atoms with van der Waals surface area (Å²) in [7, 11) is 1.61. The second-order valence-corrected chi connectivity index (χ2v) is 6.02. The molecule has 1 amide bonds. The van der Waals surface area contributed by atoms with Crippen LogP contribution in [0.5, 0.6) is 0 Å². The van der Waals surface area contributed by atoms with E-state index in [9.17, 15) is 9.00 Å². The Kier molecular flexibility index (Phi) is 6.01. The monoisotopic (exact) mass is 332 g/mol. The van der Waals surface area contributed by atoms with E-state index in [1.54, 1.807) is 25.4 Å². The third-order valence-electron chi connectivity index (χ3n) is 3.45. The molecule has 1 aromatic carbocycles. The fourth-order valence-electron chi connectivity index (χ4n) is 2.21. The highest BCUT2D eigenvalue weighted by Crippen LogP contribution is 2.24. The van der Waals surface area contributed by atoms with Gasteiger partial charge in [0.25, 0.3) is 5.91 Å². The highest BCUT2D eigenvalue weighted by atomic mass is 32.2. The molecule has 23 heavy (non-hydrogen) atoms. The highest BCUT2D eigenvalue weighted by Gasteiger charge is 2.13. The number of rotatable bonds is 6. The molecule has 1 aromatic heterocycles. The van der Waals surface area contributed by atoms with Crippen LogP contribution in [0.4, 0.5) is 0 Å². The van der Waals surface area contributed by atoms with Crippen LogP contribution >= 0.6 is 0 Å². The first-order valence-corrected chi connectivity index (χ1v) is 8.82. The van der Waals surface area contributed by atoms with Crippen molar-refractivity contribution < 1.29 is 13.2 Å². The minimum atomic E-state index is -1.32. The number of amides is 1. The summed E-state index contributed by atoms with van der Waals surface area (Å²) in [6.07, 6.45) is 3.69. The van der Waals surface area contributed by atoms with E-state index in [1.165, 1.54) is 6.26 Å². The van der Waals surface area contributed by atoms with Crippen molar-refractivity contribution in [2.24, 2.45) is 0 Å². The molecule has 0 aliphatic rings. The van der Waals surface area contributed by atoms with Gasteiger partial charge in [-0.25, -0.2) is 4.21 Å². The van der Waals surface area contributed by atoms with E-state index in [1.807, 2.05) is 31.2 Å². The maximum absolute atomic E-state index is 11.5. The Balaban J connectivity index is 2.18. The van der Waals surface area contributed by atoms with E-state index in [-0.39, 0.29) is 12.0 Å². The van der Waals surface area contributed by atoms with Gasteiger partial charge < -0.3 is 5.32 Å². The van der Waals surface area contributed by atoms with Gasteiger partial charge in [0, 0.05) is 30.6 Å². The zero-order valence-corrected chi connectivity index (χ0v) is 14.2. The van der Waals surface area contributed by atoms with Gasteiger partial charge in [-0.1, -0.05) is 25.1 Å². The number of benzene rings is 1. The van der Waals surface area contributed by atoms with Crippen molar-refractivity contribution in [2.75, 3.05) is 13.3 Å². The summed E-state index contributed by atoms with van der Waals surface area (Å²) in [6, 6.07) is 11.2.